The number of nitrogens with one attached hydrogen (secondary N) is 1. The van der Waals surface area contributed by atoms with Crippen molar-refractivity contribution in [3.8, 4) is 0 Å². The molecule has 0 spiro atoms. The minimum atomic E-state index is -0.845. The molecule has 0 unspecified atom stereocenters. The molecule has 0 radical (unpaired) electrons. The minimum Gasteiger partial charge on any atom is -0.395 e. The summed E-state index contributed by atoms with van der Waals surface area (Å²) in [5.74, 6) is -1.69. The van der Waals surface area contributed by atoms with E-state index >= 15 is 0 Å². The summed E-state index contributed by atoms with van der Waals surface area (Å²) < 4.78 is 3.89. The topological polar surface area (TPSA) is 131 Å². The van der Waals surface area contributed by atoms with Gasteiger partial charge < -0.3 is 16.8 Å². The van der Waals surface area contributed by atoms with E-state index in [9.17, 15) is 14.4 Å². The van der Waals surface area contributed by atoms with Gasteiger partial charge in [-0.15, -0.1) is 0 Å². The van der Waals surface area contributed by atoms with Crippen molar-refractivity contribution < 1.29 is 14.4 Å². The van der Waals surface area contributed by atoms with Crippen molar-refractivity contribution in [3.05, 3.63) is 76.8 Å². The molecule has 3 rings (SSSR count). The number of aromatic nitrogens is 1. The van der Waals surface area contributed by atoms with Crippen molar-refractivity contribution in [2.24, 2.45) is 5.73 Å². The lowest BCUT2D eigenvalue weighted by molar-refractivity contribution is -0.122. The standard InChI is InChI=1S/C21H21N5O3S/c1-13(20(28)24-12-14-8-4-2-5-9-14)26(15-10-6-3-7-11-15)21(29)18-16(22)17(19(23)27)25-30-18/h2-11,13H,12,22H2,1H3,(H2,23,27)(H,24,28)/t13-/m0/s1. The van der Waals surface area contributed by atoms with E-state index in [2.05, 4.69) is 9.69 Å². The molecule has 154 valence electrons. The number of nitrogens with two attached hydrogens (primary N) is 2. The normalized spacial score (nSPS) is 11.5. The summed E-state index contributed by atoms with van der Waals surface area (Å²) in [5.41, 5.74) is 12.4. The van der Waals surface area contributed by atoms with Gasteiger partial charge >= 0.3 is 0 Å². The third kappa shape index (κ3) is 4.47. The molecule has 1 aromatic heterocycles. The van der Waals surface area contributed by atoms with Gasteiger partial charge in [0.2, 0.25) is 5.91 Å². The Hall–Kier alpha value is -3.72. The van der Waals surface area contributed by atoms with Crippen LogP contribution < -0.4 is 21.7 Å². The molecule has 0 aliphatic heterocycles. The molecular weight excluding hydrogens is 402 g/mol. The van der Waals surface area contributed by atoms with Gasteiger partial charge in [-0.2, -0.15) is 4.37 Å². The maximum Gasteiger partial charge on any atom is 0.272 e. The van der Waals surface area contributed by atoms with Crippen molar-refractivity contribution >= 4 is 40.6 Å². The molecule has 3 amide bonds. The molecule has 8 nitrogen and oxygen atoms in total. The highest BCUT2D eigenvalue weighted by atomic mass is 32.1. The summed E-state index contributed by atoms with van der Waals surface area (Å²) in [6.07, 6.45) is 0. The summed E-state index contributed by atoms with van der Waals surface area (Å²) in [6.45, 7) is 1.95. The monoisotopic (exact) mass is 423 g/mol. The van der Waals surface area contributed by atoms with Crippen LogP contribution in [0.1, 0.15) is 32.6 Å². The number of rotatable bonds is 7. The first kappa shape index (κ1) is 21.0. The number of amides is 3. The Bertz CT molecular complexity index is 1050. The largest absolute Gasteiger partial charge is 0.395 e. The van der Waals surface area contributed by atoms with Crippen molar-refractivity contribution in [2.75, 3.05) is 10.6 Å². The number of carbonyl (C=O) groups excluding carboxylic acids is 3. The Balaban J connectivity index is 1.88. The Kier molecular flexibility index (Phi) is 6.43. The number of anilines is 2. The quantitative estimate of drug-likeness (QED) is 0.536. The molecule has 9 heteroatoms. The molecule has 0 bridgehead atoms. The van der Waals surface area contributed by atoms with Crippen LogP contribution in [-0.2, 0) is 11.3 Å². The molecular formula is C21H21N5O3S. The first-order chi connectivity index (χ1) is 14.4. The van der Waals surface area contributed by atoms with E-state index in [-0.39, 0.29) is 22.2 Å². The zero-order valence-corrected chi connectivity index (χ0v) is 17.1. The van der Waals surface area contributed by atoms with Crippen LogP contribution >= 0.6 is 11.5 Å². The van der Waals surface area contributed by atoms with Crippen LogP contribution in [-0.4, -0.2) is 28.1 Å². The molecule has 0 saturated heterocycles. The van der Waals surface area contributed by atoms with Crippen molar-refractivity contribution in [3.63, 3.8) is 0 Å². The maximum atomic E-state index is 13.3. The number of primary amides is 1. The van der Waals surface area contributed by atoms with Crippen LogP contribution in [0.25, 0.3) is 0 Å². The van der Waals surface area contributed by atoms with Crippen LogP contribution in [0.15, 0.2) is 60.7 Å². The molecule has 30 heavy (non-hydrogen) atoms. The predicted octanol–water partition coefficient (Wildman–Crippen LogP) is 2.18. The number of carbonyl (C=O) groups is 3. The lowest BCUT2D eigenvalue weighted by Gasteiger charge is -2.28. The van der Waals surface area contributed by atoms with Crippen molar-refractivity contribution in [1.29, 1.82) is 0 Å². The van der Waals surface area contributed by atoms with Crippen LogP contribution in [0.2, 0.25) is 0 Å². The molecule has 2 aromatic carbocycles. The van der Waals surface area contributed by atoms with Gasteiger partial charge in [0.25, 0.3) is 11.8 Å². The van der Waals surface area contributed by atoms with Crippen molar-refractivity contribution in [1.82, 2.24) is 9.69 Å². The fourth-order valence-corrected chi connectivity index (χ4v) is 3.64. The first-order valence-electron chi connectivity index (χ1n) is 9.15. The lowest BCUT2D eigenvalue weighted by atomic mass is 10.1. The second-order valence-electron chi connectivity index (χ2n) is 6.53. The van der Waals surface area contributed by atoms with Gasteiger partial charge in [-0.25, -0.2) is 0 Å². The second kappa shape index (κ2) is 9.19. The van der Waals surface area contributed by atoms with E-state index in [4.69, 9.17) is 11.5 Å². The molecule has 5 N–H and O–H groups in total. The highest BCUT2D eigenvalue weighted by Gasteiger charge is 2.32. The Morgan fingerprint density at radius 3 is 2.23 bits per heavy atom. The zero-order valence-electron chi connectivity index (χ0n) is 16.2. The fourth-order valence-electron chi connectivity index (χ4n) is 2.89. The number of nitrogen functional groups attached to an aromatic ring is 1. The summed E-state index contributed by atoms with van der Waals surface area (Å²) >= 11 is 0.776. The van der Waals surface area contributed by atoms with Gasteiger partial charge in [0, 0.05) is 12.2 Å². The molecule has 0 aliphatic rings. The molecule has 0 fully saturated rings. The van der Waals surface area contributed by atoms with Gasteiger partial charge in [-0.1, -0.05) is 48.5 Å². The third-order valence-electron chi connectivity index (χ3n) is 4.49. The first-order valence-corrected chi connectivity index (χ1v) is 9.92. The molecule has 0 saturated carbocycles. The zero-order chi connectivity index (χ0) is 21.7. The average molecular weight is 423 g/mol. The van der Waals surface area contributed by atoms with Gasteiger partial charge in [0.1, 0.15) is 10.9 Å². The van der Waals surface area contributed by atoms with Crippen LogP contribution in [0.3, 0.4) is 0 Å². The van der Waals surface area contributed by atoms with Crippen LogP contribution in [0.5, 0.6) is 0 Å². The highest BCUT2D eigenvalue weighted by Crippen LogP contribution is 2.27. The Labute approximate surface area is 177 Å². The minimum absolute atomic E-state index is 0.0513. The molecule has 1 heterocycles. The Morgan fingerprint density at radius 1 is 1.07 bits per heavy atom. The highest BCUT2D eigenvalue weighted by molar-refractivity contribution is 7.09. The van der Waals surface area contributed by atoms with E-state index in [1.54, 1.807) is 37.3 Å². The summed E-state index contributed by atoms with van der Waals surface area (Å²) in [6, 6.07) is 17.4. The smallest absolute Gasteiger partial charge is 0.272 e. The van der Waals surface area contributed by atoms with Crippen molar-refractivity contribution in [2.45, 2.75) is 19.5 Å². The van der Waals surface area contributed by atoms with E-state index in [1.807, 2.05) is 30.3 Å². The van der Waals surface area contributed by atoms with Gasteiger partial charge in [0.05, 0.1) is 5.69 Å². The van der Waals surface area contributed by atoms with E-state index in [1.165, 1.54) is 4.90 Å². The number of hydrogen-bond donors (Lipinski definition) is 3. The number of benzene rings is 2. The van der Waals surface area contributed by atoms with Gasteiger partial charge in [0.15, 0.2) is 5.69 Å². The SMILES string of the molecule is C[C@@H](C(=O)NCc1ccccc1)N(C(=O)c1snc(C(N)=O)c1N)c1ccccc1. The van der Waals surface area contributed by atoms with E-state index in [0.717, 1.165) is 17.1 Å². The molecule has 0 aliphatic carbocycles. The average Bonchev–Trinajstić information content (AvgIpc) is 3.15. The lowest BCUT2D eigenvalue weighted by Crippen LogP contribution is -2.48. The second-order valence-corrected chi connectivity index (χ2v) is 7.30. The maximum absolute atomic E-state index is 13.3. The number of hydrogen-bond acceptors (Lipinski definition) is 6. The van der Waals surface area contributed by atoms with Gasteiger partial charge in [-0.05, 0) is 36.2 Å². The van der Waals surface area contributed by atoms with E-state index < -0.39 is 17.9 Å². The predicted molar refractivity (Wildman–Crippen MR) is 116 cm³/mol. The summed E-state index contributed by atoms with van der Waals surface area (Å²) in [5, 5.41) is 2.84. The van der Waals surface area contributed by atoms with Crippen LogP contribution in [0.4, 0.5) is 11.4 Å². The molecule has 3 aromatic rings. The van der Waals surface area contributed by atoms with Crippen LogP contribution in [0, 0.1) is 0 Å². The number of para-hydroxylation sites is 1. The third-order valence-corrected chi connectivity index (χ3v) is 5.34. The number of nitrogens with zero attached hydrogens (tertiary/aromatic N) is 2. The summed E-state index contributed by atoms with van der Waals surface area (Å²) in [4.78, 5) is 39.0. The van der Waals surface area contributed by atoms with Gasteiger partial charge in [-0.3, -0.25) is 19.3 Å². The fraction of sp³-hybridized carbons (Fsp3) is 0.143. The summed E-state index contributed by atoms with van der Waals surface area (Å²) in [7, 11) is 0. The Morgan fingerprint density at radius 2 is 1.67 bits per heavy atom. The molecule has 1 atom stereocenters. The van der Waals surface area contributed by atoms with E-state index in [0.29, 0.717) is 12.2 Å².